The van der Waals surface area contributed by atoms with Crippen molar-refractivity contribution in [2.75, 3.05) is 25.6 Å². The number of hydrogen-bond donors (Lipinski definition) is 1. The van der Waals surface area contributed by atoms with Crippen LogP contribution in [0, 0.1) is 0 Å². The zero-order valence-electron chi connectivity index (χ0n) is 10.7. The second-order valence-electron chi connectivity index (χ2n) is 4.22. The van der Waals surface area contributed by atoms with Gasteiger partial charge in [0, 0.05) is 23.5 Å². The van der Waals surface area contributed by atoms with Crippen molar-refractivity contribution in [1.82, 2.24) is 0 Å². The maximum atomic E-state index is 5.56. The number of ether oxygens (including phenoxy) is 3. The molecule has 1 heterocycles. The van der Waals surface area contributed by atoms with Gasteiger partial charge < -0.3 is 19.5 Å². The molecular formula is C15H15NO3. The third-order valence-electron chi connectivity index (χ3n) is 2.90. The number of methoxy groups -OCH3 is 1. The van der Waals surface area contributed by atoms with Crippen LogP contribution in [-0.2, 0) is 0 Å². The van der Waals surface area contributed by atoms with Gasteiger partial charge in [-0.15, -0.1) is 0 Å². The summed E-state index contributed by atoms with van der Waals surface area (Å²) in [6.07, 6.45) is 0. The van der Waals surface area contributed by atoms with Crippen molar-refractivity contribution in [3.8, 4) is 17.2 Å². The van der Waals surface area contributed by atoms with Crippen LogP contribution in [0.3, 0.4) is 0 Å². The van der Waals surface area contributed by atoms with Crippen molar-refractivity contribution in [2.45, 2.75) is 0 Å². The smallest absolute Gasteiger partial charge is 0.163 e. The van der Waals surface area contributed by atoms with Gasteiger partial charge in [0.25, 0.3) is 0 Å². The monoisotopic (exact) mass is 257 g/mol. The minimum Gasteiger partial charge on any atom is -0.497 e. The summed E-state index contributed by atoms with van der Waals surface area (Å²) in [6, 6.07) is 13.6. The van der Waals surface area contributed by atoms with Crippen molar-refractivity contribution in [2.24, 2.45) is 0 Å². The van der Waals surface area contributed by atoms with Gasteiger partial charge in [-0.25, -0.2) is 0 Å². The first-order chi connectivity index (χ1) is 9.35. The summed E-state index contributed by atoms with van der Waals surface area (Å²) in [7, 11) is 1.66. The topological polar surface area (TPSA) is 39.7 Å². The Morgan fingerprint density at radius 1 is 0.947 bits per heavy atom. The lowest BCUT2D eigenvalue weighted by molar-refractivity contribution is 0.171. The van der Waals surface area contributed by atoms with Crippen LogP contribution in [0.25, 0.3) is 0 Å². The molecule has 0 fully saturated rings. The highest BCUT2D eigenvalue weighted by Crippen LogP contribution is 2.33. The highest BCUT2D eigenvalue weighted by molar-refractivity contribution is 5.64. The molecule has 2 aromatic rings. The summed E-state index contributed by atoms with van der Waals surface area (Å²) >= 11 is 0. The van der Waals surface area contributed by atoms with Gasteiger partial charge in [0.15, 0.2) is 11.5 Å². The Morgan fingerprint density at radius 2 is 1.74 bits per heavy atom. The van der Waals surface area contributed by atoms with Crippen LogP contribution in [0.15, 0.2) is 42.5 Å². The summed E-state index contributed by atoms with van der Waals surface area (Å²) in [5.74, 6) is 2.39. The second-order valence-corrected chi connectivity index (χ2v) is 4.22. The maximum absolute atomic E-state index is 5.56. The SMILES string of the molecule is COc1cccc(Nc2ccc3c(c2)OCCO3)c1. The molecule has 0 amide bonds. The molecule has 4 nitrogen and oxygen atoms in total. The van der Waals surface area contributed by atoms with E-state index in [-0.39, 0.29) is 0 Å². The zero-order chi connectivity index (χ0) is 13.1. The van der Waals surface area contributed by atoms with Gasteiger partial charge in [-0.3, -0.25) is 0 Å². The fraction of sp³-hybridized carbons (Fsp3) is 0.200. The van der Waals surface area contributed by atoms with E-state index in [2.05, 4.69) is 5.32 Å². The number of benzene rings is 2. The normalized spacial score (nSPS) is 12.9. The van der Waals surface area contributed by atoms with E-state index in [4.69, 9.17) is 14.2 Å². The lowest BCUT2D eigenvalue weighted by atomic mass is 10.2. The Morgan fingerprint density at radius 3 is 2.58 bits per heavy atom. The molecule has 0 bridgehead atoms. The Hall–Kier alpha value is -2.36. The molecule has 98 valence electrons. The molecule has 0 saturated carbocycles. The van der Waals surface area contributed by atoms with E-state index in [0.717, 1.165) is 28.6 Å². The van der Waals surface area contributed by atoms with Gasteiger partial charge in [-0.2, -0.15) is 0 Å². The van der Waals surface area contributed by atoms with Crippen LogP contribution in [0.5, 0.6) is 17.2 Å². The molecule has 0 aromatic heterocycles. The molecule has 0 spiro atoms. The van der Waals surface area contributed by atoms with Gasteiger partial charge >= 0.3 is 0 Å². The highest BCUT2D eigenvalue weighted by atomic mass is 16.6. The molecule has 0 aliphatic carbocycles. The molecule has 4 heteroatoms. The van der Waals surface area contributed by atoms with E-state index in [9.17, 15) is 0 Å². The van der Waals surface area contributed by atoms with Crippen LogP contribution in [0.1, 0.15) is 0 Å². The standard InChI is InChI=1S/C15H15NO3/c1-17-13-4-2-3-11(9-13)16-12-5-6-14-15(10-12)19-8-7-18-14/h2-6,9-10,16H,7-8H2,1H3. The number of anilines is 2. The quantitative estimate of drug-likeness (QED) is 0.916. The predicted molar refractivity (Wildman–Crippen MR) is 73.7 cm³/mol. The fourth-order valence-electron chi connectivity index (χ4n) is 1.99. The van der Waals surface area contributed by atoms with Crippen LogP contribution in [0.2, 0.25) is 0 Å². The molecule has 1 N–H and O–H groups in total. The summed E-state index contributed by atoms with van der Waals surface area (Å²) in [4.78, 5) is 0. The van der Waals surface area contributed by atoms with E-state index in [0.29, 0.717) is 13.2 Å². The van der Waals surface area contributed by atoms with Gasteiger partial charge in [-0.05, 0) is 24.3 Å². The number of nitrogens with one attached hydrogen (secondary N) is 1. The first-order valence-corrected chi connectivity index (χ1v) is 6.16. The third kappa shape index (κ3) is 2.57. The van der Waals surface area contributed by atoms with Crippen molar-refractivity contribution in [1.29, 1.82) is 0 Å². The van der Waals surface area contributed by atoms with Crippen molar-refractivity contribution >= 4 is 11.4 Å². The molecular weight excluding hydrogens is 242 g/mol. The zero-order valence-corrected chi connectivity index (χ0v) is 10.7. The van der Waals surface area contributed by atoms with Gasteiger partial charge in [0.1, 0.15) is 19.0 Å². The average molecular weight is 257 g/mol. The van der Waals surface area contributed by atoms with E-state index < -0.39 is 0 Å². The lowest BCUT2D eigenvalue weighted by Gasteiger charge is -2.19. The first kappa shape index (κ1) is 11.7. The van der Waals surface area contributed by atoms with Crippen LogP contribution < -0.4 is 19.5 Å². The van der Waals surface area contributed by atoms with E-state index >= 15 is 0 Å². The Balaban J connectivity index is 1.82. The van der Waals surface area contributed by atoms with Gasteiger partial charge in [0.05, 0.1) is 7.11 Å². The summed E-state index contributed by atoms with van der Waals surface area (Å²) < 4.78 is 16.2. The van der Waals surface area contributed by atoms with Crippen molar-refractivity contribution in [3.63, 3.8) is 0 Å². The minimum absolute atomic E-state index is 0.593. The Labute approximate surface area is 111 Å². The molecule has 3 rings (SSSR count). The van der Waals surface area contributed by atoms with Crippen LogP contribution in [0.4, 0.5) is 11.4 Å². The molecule has 2 aromatic carbocycles. The van der Waals surface area contributed by atoms with Gasteiger partial charge in [0.2, 0.25) is 0 Å². The number of fused-ring (bicyclic) bond motifs is 1. The maximum Gasteiger partial charge on any atom is 0.163 e. The summed E-state index contributed by atoms with van der Waals surface area (Å²) in [5, 5.41) is 3.31. The average Bonchev–Trinajstić information content (AvgIpc) is 2.47. The Kier molecular flexibility index (Phi) is 3.14. The summed E-state index contributed by atoms with van der Waals surface area (Å²) in [5.41, 5.74) is 1.92. The summed E-state index contributed by atoms with van der Waals surface area (Å²) in [6.45, 7) is 1.20. The Bertz CT molecular complexity index is 583. The lowest BCUT2D eigenvalue weighted by Crippen LogP contribution is -2.15. The number of rotatable bonds is 3. The molecule has 0 unspecified atom stereocenters. The molecule has 0 radical (unpaired) electrons. The molecule has 1 aliphatic rings. The van der Waals surface area contributed by atoms with E-state index in [1.165, 1.54) is 0 Å². The first-order valence-electron chi connectivity index (χ1n) is 6.16. The molecule has 19 heavy (non-hydrogen) atoms. The predicted octanol–water partition coefficient (Wildman–Crippen LogP) is 3.21. The minimum atomic E-state index is 0.593. The highest BCUT2D eigenvalue weighted by Gasteiger charge is 2.11. The largest absolute Gasteiger partial charge is 0.497 e. The van der Waals surface area contributed by atoms with E-state index in [1.54, 1.807) is 7.11 Å². The number of hydrogen-bond acceptors (Lipinski definition) is 4. The van der Waals surface area contributed by atoms with E-state index in [1.807, 2.05) is 42.5 Å². The van der Waals surface area contributed by atoms with Gasteiger partial charge in [-0.1, -0.05) is 6.07 Å². The second kappa shape index (κ2) is 5.10. The third-order valence-corrected chi connectivity index (χ3v) is 2.90. The fourth-order valence-corrected chi connectivity index (χ4v) is 1.99. The van der Waals surface area contributed by atoms with Crippen LogP contribution >= 0.6 is 0 Å². The molecule has 0 saturated heterocycles. The van der Waals surface area contributed by atoms with Crippen molar-refractivity contribution in [3.05, 3.63) is 42.5 Å². The van der Waals surface area contributed by atoms with Crippen LogP contribution in [-0.4, -0.2) is 20.3 Å². The molecule has 0 atom stereocenters. The van der Waals surface area contributed by atoms with Crippen molar-refractivity contribution < 1.29 is 14.2 Å². The molecule has 1 aliphatic heterocycles.